The van der Waals surface area contributed by atoms with Gasteiger partial charge in [-0.1, -0.05) is 122 Å². The molecule has 0 fully saturated rings. The van der Waals surface area contributed by atoms with E-state index in [1.165, 1.54) is 31.2 Å². The van der Waals surface area contributed by atoms with Crippen LogP contribution in [-0.2, 0) is 134 Å². The summed E-state index contributed by atoms with van der Waals surface area (Å²) in [4.78, 5) is 322. The number of hydrogen-bond donors (Lipinski definition) is 28. The first-order chi connectivity index (χ1) is 67.2. The van der Waals surface area contributed by atoms with Crippen molar-refractivity contribution in [2.24, 2.45) is 23.7 Å². The highest BCUT2D eigenvalue weighted by molar-refractivity contribution is 6.02. The number of carboxylic acids is 7. The number of hydrogen-bond acceptors (Lipinski definition) is 26. The third-order valence-electron chi connectivity index (χ3n) is 21.7. The molecule has 52 heteroatoms. The normalized spacial score (nSPS) is 14.4. The molecule has 0 saturated heterocycles. The number of aliphatic carboxylic acids is 7. The number of aromatic nitrogens is 1. The van der Waals surface area contributed by atoms with E-state index >= 15 is 0 Å². The molecule has 0 aliphatic heterocycles. The summed E-state index contributed by atoms with van der Waals surface area (Å²) in [7, 11) is 0. The molecule has 30 N–H and O–H groups in total. The number of phenolic OH excluding ortho intramolecular Hbond substituents is 1. The maximum atomic E-state index is 14.7. The van der Waals surface area contributed by atoms with Gasteiger partial charge in [0.25, 0.3) is 5.91 Å². The number of fused-ring (bicyclic) bond motifs is 1. The summed E-state index contributed by atoms with van der Waals surface area (Å²) in [6, 6.07) is -5.66. The fraction of sp³-hybridized carbons (Fsp3) is 0.516. The van der Waals surface area contributed by atoms with Crippen LogP contribution in [0.25, 0.3) is 10.9 Å². The average molecular weight is 2020 g/mol. The number of benzene rings is 3. The Labute approximate surface area is 818 Å². The van der Waals surface area contributed by atoms with E-state index in [1.54, 1.807) is 109 Å². The van der Waals surface area contributed by atoms with Crippen LogP contribution in [-0.4, -0.2) is 310 Å². The Morgan fingerprint density at radius 2 is 0.671 bits per heavy atom. The van der Waals surface area contributed by atoms with Gasteiger partial charge in [0.2, 0.25) is 94.5 Å². The van der Waals surface area contributed by atoms with E-state index in [1.807, 2.05) is 0 Å². The van der Waals surface area contributed by atoms with E-state index in [-0.39, 0.29) is 50.7 Å². The SMILES string of the molecule is CC[C@H](C)[C@H](NC(=O)CNC(=O)[C@H](CCC(=O)O)NC(=O)CNC(=O)[C@H](C)NC(=O)[C@H](CCC(=O)O)NC(=O)[C@H](CC(C)C)NC(=O)CNC(=O)[C@H](Cc1c[nH]c2ccccc12)NC(=O)[C@H](CC(C)C)NC(=O)[C@H](Cc1ccc(O)cc1)NC(=O)[C@H](CC(=O)O)NC(=O)[C@@H]([NH3+])CC(=O)O)C(=O)N[C@@H](CO)C(=O)N[C@@H](CC(=O)O)C(=O)N[C@@H](CC(C)C)C(=O)N[C@@H](Cc1ccccc1)C(=O)N[C@@H](CC(=O)O)C(=O)O. The van der Waals surface area contributed by atoms with Crippen molar-refractivity contribution in [3.8, 4) is 5.75 Å². The highest BCUT2D eigenvalue weighted by Gasteiger charge is 2.40. The number of aromatic hydroxyl groups is 1. The second kappa shape index (κ2) is 59.6. The Balaban J connectivity index is 1.45. The summed E-state index contributed by atoms with van der Waals surface area (Å²) in [5.41, 5.74) is 5.28. The smallest absolute Gasteiger partial charge is 0.326 e. The highest BCUT2D eigenvalue weighted by Crippen LogP contribution is 2.22. The molecule has 17 amide bonds. The molecule has 4 rings (SSSR count). The number of quaternary nitrogens is 1. The predicted octanol–water partition coefficient (Wildman–Crippen LogP) is -6.44. The summed E-state index contributed by atoms with van der Waals surface area (Å²) >= 11 is 0. The van der Waals surface area contributed by atoms with Crippen molar-refractivity contribution in [2.45, 2.75) is 249 Å². The van der Waals surface area contributed by atoms with Crippen LogP contribution in [0.15, 0.2) is 85.1 Å². The molecule has 0 saturated carbocycles. The number of amides is 17. The first-order valence-electron chi connectivity index (χ1n) is 45.6. The standard InChI is InChI=1S/C91H127N19O33/c1-10-46(8)76(90(141)109-66(42-111)89(140)107-64(36-74(124)125)88(139)103-58(29-44(4)5)83(134)104-60(31-48-16-12-11-13-17-48)86(137)108-65(91(142)143)37-75(126)127)110-69(115)41-95-79(130)55(24-26-70(116)117)98-67(113)39-94-77(128)47(9)97-81(132)56(25-27-71(118)119)100-82(133)57(28-43(2)3)99-68(114)40-96-80(131)62(33-50-38-93-54-19-15-14-18-52(50)54)106-84(135)59(30-45(6)7)102-85(136)61(32-49-20-22-51(112)23-21-49)105-87(138)63(35-73(122)123)101-78(129)53(92)34-72(120)121/h11-23,38,43-47,53,55-66,76,93,111-112H,10,24-37,39-42,92H2,1-9H3,(H,94,128)(H,95,130)(H,96,131)(H,97,132)(H,98,113)(H,99,114)(H,100,133)(H,101,129)(H,102,136)(H,103,139)(H,104,134)(H,105,138)(H,106,135)(H,107,140)(H,108,137)(H,109,141)(H,110,115)(H,116,117)(H,118,119)(H,120,121)(H,122,123)(H,124,125)(H,126,127)(H,142,143)/p+1/t46-,47-,53-,55-,56-,57-,58-,59-,60-,61-,62-,63-,64-,65-,66-,76-/m0/s1. The number of para-hydroxylation sites is 1. The zero-order valence-corrected chi connectivity index (χ0v) is 80.0. The lowest BCUT2D eigenvalue weighted by Gasteiger charge is -2.28. The maximum Gasteiger partial charge on any atom is 0.326 e. The van der Waals surface area contributed by atoms with Crippen molar-refractivity contribution in [3.63, 3.8) is 0 Å². The van der Waals surface area contributed by atoms with Gasteiger partial charge in [-0.05, 0) is 97.6 Å². The number of rotatable bonds is 64. The zero-order valence-electron chi connectivity index (χ0n) is 80.0. The minimum absolute atomic E-state index is 0.121. The summed E-state index contributed by atoms with van der Waals surface area (Å²) in [6.07, 6.45) is -6.70. The van der Waals surface area contributed by atoms with Gasteiger partial charge in [-0.3, -0.25) is 110 Å². The van der Waals surface area contributed by atoms with Crippen LogP contribution in [0.5, 0.6) is 5.75 Å². The van der Waals surface area contributed by atoms with E-state index in [4.69, 9.17) is 0 Å². The van der Waals surface area contributed by atoms with Crippen molar-refractivity contribution in [1.82, 2.24) is 95.4 Å². The number of H-pyrrole nitrogens is 1. The number of nitrogens with one attached hydrogen (secondary N) is 18. The van der Waals surface area contributed by atoms with Crippen LogP contribution in [0.3, 0.4) is 0 Å². The monoisotopic (exact) mass is 2010 g/mol. The molecule has 1 heterocycles. The summed E-state index contributed by atoms with van der Waals surface area (Å²) < 4.78 is 0. The van der Waals surface area contributed by atoms with E-state index in [2.05, 4.69) is 101 Å². The molecule has 0 spiro atoms. The van der Waals surface area contributed by atoms with E-state index < -0.39 is 334 Å². The number of phenols is 1. The lowest BCUT2D eigenvalue weighted by Crippen LogP contribution is -2.69. The van der Waals surface area contributed by atoms with Crippen LogP contribution in [0, 0.1) is 23.7 Å². The molecular formula is C91H128N19O33+. The minimum atomic E-state index is -2.07. The van der Waals surface area contributed by atoms with Crippen LogP contribution in [0.1, 0.15) is 156 Å². The van der Waals surface area contributed by atoms with Gasteiger partial charge in [0.05, 0.1) is 45.5 Å². The average Bonchev–Trinajstić information content (AvgIpc) is 1.35. The summed E-state index contributed by atoms with van der Waals surface area (Å²) in [5.74, 6) is -32.5. The largest absolute Gasteiger partial charge is 0.508 e. The van der Waals surface area contributed by atoms with Gasteiger partial charge in [-0.25, -0.2) is 4.79 Å². The maximum absolute atomic E-state index is 14.7. The third-order valence-corrected chi connectivity index (χ3v) is 21.7. The van der Waals surface area contributed by atoms with Crippen molar-refractivity contribution in [2.75, 3.05) is 26.2 Å². The molecule has 4 aromatic rings. The molecule has 784 valence electrons. The molecule has 0 bridgehead atoms. The summed E-state index contributed by atoms with van der Waals surface area (Å²) in [6.45, 7) is 9.90. The Morgan fingerprint density at radius 3 is 1.12 bits per heavy atom. The molecule has 0 unspecified atom stereocenters. The van der Waals surface area contributed by atoms with Gasteiger partial charge in [0.1, 0.15) is 96.8 Å². The van der Waals surface area contributed by atoms with Crippen molar-refractivity contribution in [1.29, 1.82) is 0 Å². The Bertz CT molecular complexity index is 5190. The van der Waals surface area contributed by atoms with Crippen molar-refractivity contribution in [3.05, 3.63) is 102 Å². The Kier molecular flexibility index (Phi) is 49.8. The minimum Gasteiger partial charge on any atom is -0.508 e. The molecule has 52 nitrogen and oxygen atoms in total. The number of aliphatic hydroxyl groups excluding tert-OH is 1. The van der Waals surface area contributed by atoms with Crippen molar-refractivity contribution >= 4 is 153 Å². The topological polar surface area (TPSA) is 840 Å². The number of aliphatic hydroxyl groups is 1. The fourth-order valence-corrected chi connectivity index (χ4v) is 14.1. The summed E-state index contributed by atoms with van der Waals surface area (Å²) in [5, 5.41) is 127. The molecule has 1 aromatic heterocycles. The van der Waals surface area contributed by atoms with Gasteiger partial charge in [0.15, 0.2) is 6.04 Å². The lowest BCUT2D eigenvalue weighted by atomic mass is 9.97. The highest BCUT2D eigenvalue weighted by atomic mass is 16.4. The first-order valence-corrected chi connectivity index (χ1v) is 45.6. The van der Waals surface area contributed by atoms with Gasteiger partial charge in [0, 0.05) is 49.2 Å². The van der Waals surface area contributed by atoms with Crippen LogP contribution in [0.4, 0.5) is 0 Å². The second-order valence-corrected chi connectivity index (χ2v) is 35.2. The third kappa shape index (κ3) is 43.6. The van der Waals surface area contributed by atoms with Crippen molar-refractivity contribution < 1.29 is 167 Å². The van der Waals surface area contributed by atoms with Gasteiger partial charge in [-0.2, -0.15) is 0 Å². The van der Waals surface area contributed by atoms with Crippen LogP contribution >= 0.6 is 0 Å². The molecular weight excluding hydrogens is 1890 g/mol. The lowest BCUT2D eigenvalue weighted by molar-refractivity contribution is -0.403. The quantitative estimate of drug-likeness (QED) is 0.0195. The van der Waals surface area contributed by atoms with Gasteiger partial charge < -0.3 is 147 Å². The Morgan fingerprint density at radius 1 is 0.329 bits per heavy atom. The first kappa shape index (κ1) is 120. The molecule has 16 atom stereocenters. The number of carbonyl (C=O) groups is 24. The van der Waals surface area contributed by atoms with Gasteiger partial charge >= 0.3 is 41.8 Å². The Hall–Kier alpha value is -15.8. The van der Waals surface area contributed by atoms with Crippen LogP contribution in [0.2, 0.25) is 0 Å². The van der Waals surface area contributed by atoms with Gasteiger partial charge in [-0.15, -0.1) is 0 Å². The molecule has 143 heavy (non-hydrogen) atoms. The number of carbonyl (C=O) groups excluding carboxylic acids is 17. The van der Waals surface area contributed by atoms with E-state index in [0.29, 0.717) is 27.6 Å². The molecule has 0 aliphatic rings. The molecule has 0 aliphatic carbocycles. The predicted molar refractivity (Wildman–Crippen MR) is 498 cm³/mol. The van der Waals surface area contributed by atoms with E-state index in [9.17, 15) is 161 Å². The number of carboxylic acid groups (broad SMARTS) is 7. The molecule has 0 radical (unpaired) electrons. The second-order valence-electron chi connectivity index (χ2n) is 35.2. The van der Waals surface area contributed by atoms with Crippen LogP contribution < -0.4 is 96.1 Å². The van der Waals surface area contributed by atoms with E-state index in [0.717, 1.165) is 6.92 Å². The number of aromatic amines is 1. The molecule has 3 aromatic carbocycles. The fourth-order valence-electron chi connectivity index (χ4n) is 14.1. The zero-order chi connectivity index (χ0) is 107.